The third kappa shape index (κ3) is 3.37. The lowest BCUT2D eigenvalue weighted by molar-refractivity contribution is -0.137. The van der Waals surface area contributed by atoms with Crippen molar-refractivity contribution in [2.75, 3.05) is 13.2 Å². The van der Waals surface area contributed by atoms with Crippen LogP contribution in [-0.4, -0.2) is 38.3 Å². The van der Waals surface area contributed by atoms with Gasteiger partial charge in [0.25, 0.3) is 5.91 Å². The molecule has 7 heteroatoms. The molecule has 0 N–H and O–H groups in total. The van der Waals surface area contributed by atoms with Crippen molar-refractivity contribution in [3.8, 4) is 5.75 Å². The predicted octanol–water partition coefficient (Wildman–Crippen LogP) is 3.00. The first kappa shape index (κ1) is 16.5. The van der Waals surface area contributed by atoms with Gasteiger partial charge in [-0.25, -0.2) is 14.4 Å². The molecular formula is C19H19FN4O2. The first-order chi connectivity index (χ1) is 12.7. The molecule has 0 spiro atoms. The summed E-state index contributed by atoms with van der Waals surface area (Å²) >= 11 is 0. The third-order valence-electron chi connectivity index (χ3n) is 4.61. The highest BCUT2D eigenvalue weighted by molar-refractivity contribution is 5.78. The zero-order valence-corrected chi connectivity index (χ0v) is 14.2. The maximum absolute atomic E-state index is 13.2. The number of aromatic nitrogens is 3. The van der Waals surface area contributed by atoms with Gasteiger partial charge in [-0.1, -0.05) is 6.07 Å². The lowest BCUT2D eigenvalue weighted by atomic mass is 9.99. The largest absolute Gasteiger partial charge is 0.484 e. The number of rotatable bonds is 4. The van der Waals surface area contributed by atoms with Crippen LogP contribution in [0.4, 0.5) is 4.39 Å². The maximum atomic E-state index is 13.2. The van der Waals surface area contributed by atoms with Gasteiger partial charge in [-0.2, -0.15) is 0 Å². The summed E-state index contributed by atoms with van der Waals surface area (Å²) in [5.41, 5.74) is 0.836. The van der Waals surface area contributed by atoms with Crippen LogP contribution in [0.2, 0.25) is 0 Å². The van der Waals surface area contributed by atoms with Gasteiger partial charge in [0, 0.05) is 31.2 Å². The summed E-state index contributed by atoms with van der Waals surface area (Å²) in [7, 11) is 0. The van der Waals surface area contributed by atoms with E-state index >= 15 is 0 Å². The van der Waals surface area contributed by atoms with Crippen LogP contribution in [0.5, 0.6) is 5.75 Å². The molecule has 1 aliphatic rings. The monoisotopic (exact) mass is 354 g/mol. The molecule has 1 aliphatic heterocycles. The number of imidazole rings is 1. The summed E-state index contributed by atoms with van der Waals surface area (Å²) in [6.45, 7) is 0.545. The number of carbonyl (C=O) groups is 1. The first-order valence-corrected chi connectivity index (χ1v) is 8.68. The number of halogens is 1. The highest BCUT2D eigenvalue weighted by atomic mass is 19.1. The van der Waals surface area contributed by atoms with Crippen molar-refractivity contribution in [2.24, 2.45) is 0 Å². The summed E-state index contributed by atoms with van der Waals surface area (Å²) in [5.74, 6) is 0.465. The summed E-state index contributed by atoms with van der Waals surface area (Å²) in [6, 6.07) is 7.65. The molecule has 3 heterocycles. The Morgan fingerprint density at radius 3 is 3.08 bits per heavy atom. The van der Waals surface area contributed by atoms with Crippen LogP contribution in [-0.2, 0) is 4.79 Å². The van der Waals surface area contributed by atoms with Crippen molar-refractivity contribution >= 4 is 11.7 Å². The number of fused-ring (bicyclic) bond motifs is 1. The minimum Gasteiger partial charge on any atom is -0.484 e. The lowest BCUT2D eigenvalue weighted by Gasteiger charge is -2.35. The SMILES string of the molecule is O=C(COc1cccc(F)c1)N1CCCCC1c1ccn2ccnc2n1. The highest BCUT2D eigenvalue weighted by Crippen LogP contribution is 2.30. The van der Waals surface area contributed by atoms with Gasteiger partial charge in [-0.05, 0) is 37.5 Å². The molecule has 1 amide bonds. The van der Waals surface area contributed by atoms with Crippen LogP contribution >= 0.6 is 0 Å². The number of nitrogens with zero attached hydrogens (tertiary/aromatic N) is 4. The third-order valence-corrected chi connectivity index (χ3v) is 4.61. The van der Waals surface area contributed by atoms with E-state index in [2.05, 4.69) is 9.97 Å². The average Bonchev–Trinajstić information content (AvgIpc) is 3.14. The number of hydrogen-bond donors (Lipinski definition) is 0. The number of benzene rings is 1. The fourth-order valence-electron chi connectivity index (χ4n) is 3.33. The van der Waals surface area contributed by atoms with Gasteiger partial charge in [0.2, 0.25) is 5.78 Å². The van der Waals surface area contributed by atoms with E-state index in [0.717, 1.165) is 25.0 Å². The van der Waals surface area contributed by atoms with E-state index < -0.39 is 0 Å². The second-order valence-corrected chi connectivity index (χ2v) is 6.33. The first-order valence-electron chi connectivity index (χ1n) is 8.68. The van der Waals surface area contributed by atoms with Crippen molar-refractivity contribution in [1.82, 2.24) is 19.3 Å². The highest BCUT2D eigenvalue weighted by Gasteiger charge is 2.29. The van der Waals surface area contributed by atoms with E-state index in [9.17, 15) is 9.18 Å². The zero-order valence-electron chi connectivity index (χ0n) is 14.2. The van der Waals surface area contributed by atoms with Crippen LogP contribution in [0.25, 0.3) is 5.78 Å². The van der Waals surface area contributed by atoms with Crippen LogP contribution < -0.4 is 4.74 Å². The standard InChI is InChI=1S/C19H19FN4O2/c20-14-4-3-5-15(12-14)26-13-18(25)24-9-2-1-6-17(24)16-7-10-23-11-8-21-19(23)22-16/h3-5,7-8,10-12,17H,1-2,6,9,13H2. The summed E-state index contributed by atoms with van der Waals surface area (Å²) < 4.78 is 20.6. The maximum Gasteiger partial charge on any atom is 0.261 e. The number of piperidine rings is 1. The minimum atomic E-state index is -0.386. The van der Waals surface area contributed by atoms with Crippen molar-refractivity contribution in [3.63, 3.8) is 0 Å². The molecule has 1 aromatic carbocycles. The second kappa shape index (κ2) is 7.11. The molecule has 1 saturated heterocycles. The van der Waals surface area contributed by atoms with Crippen LogP contribution in [0.3, 0.4) is 0 Å². The predicted molar refractivity (Wildman–Crippen MR) is 93.2 cm³/mol. The second-order valence-electron chi connectivity index (χ2n) is 6.33. The molecule has 2 aromatic heterocycles. The molecule has 134 valence electrons. The number of amides is 1. The Morgan fingerprint density at radius 2 is 2.19 bits per heavy atom. The zero-order chi connectivity index (χ0) is 17.9. The Hall–Kier alpha value is -2.96. The molecule has 0 bridgehead atoms. The van der Waals surface area contributed by atoms with Crippen LogP contribution in [0, 0.1) is 5.82 Å². The smallest absolute Gasteiger partial charge is 0.261 e. The van der Waals surface area contributed by atoms with Crippen LogP contribution in [0.15, 0.2) is 48.9 Å². The fraction of sp³-hybridized carbons (Fsp3) is 0.316. The molecule has 1 fully saturated rings. The normalized spacial score (nSPS) is 17.4. The van der Waals surface area contributed by atoms with Gasteiger partial charge in [0.15, 0.2) is 6.61 Å². The van der Waals surface area contributed by atoms with E-state index in [4.69, 9.17) is 4.74 Å². The Bertz CT molecular complexity index is 927. The Labute approximate surface area is 150 Å². The number of ether oxygens (including phenoxy) is 1. The van der Waals surface area contributed by atoms with Crippen molar-refractivity contribution in [2.45, 2.75) is 25.3 Å². The molecule has 0 aliphatic carbocycles. The van der Waals surface area contributed by atoms with Crippen LogP contribution in [0.1, 0.15) is 31.0 Å². The quantitative estimate of drug-likeness (QED) is 0.723. The molecule has 3 aromatic rings. The summed E-state index contributed by atoms with van der Waals surface area (Å²) in [5, 5.41) is 0. The van der Waals surface area contributed by atoms with E-state index in [1.54, 1.807) is 18.3 Å². The van der Waals surface area contributed by atoms with E-state index in [-0.39, 0.29) is 24.4 Å². The Morgan fingerprint density at radius 1 is 1.27 bits per heavy atom. The van der Waals surface area contributed by atoms with Gasteiger partial charge in [0.1, 0.15) is 11.6 Å². The van der Waals surface area contributed by atoms with Crippen molar-refractivity contribution in [3.05, 3.63) is 60.4 Å². The molecule has 6 nitrogen and oxygen atoms in total. The molecule has 4 rings (SSSR count). The topological polar surface area (TPSA) is 59.7 Å². The number of carbonyl (C=O) groups excluding carboxylic acids is 1. The summed E-state index contributed by atoms with van der Waals surface area (Å²) in [6.07, 6.45) is 8.29. The number of hydrogen-bond acceptors (Lipinski definition) is 4. The lowest BCUT2D eigenvalue weighted by Crippen LogP contribution is -2.41. The summed E-state index contributed by atoms with van der Waals surface area (Å²) in [4.78, 5) is 23.3. The van der Waals surface area contributed by atoms with Gasteiger partial charge < -0.3 is 9.64 Å². The van der Waals surface area contributed by atoms with Gasteiger partial charge in [0.05, 0.1) is 11.7 Å². The molecule has 26 heavy (non-hydrogen) atoms. The van der Waals surface area contributed by atoms with Gasteiger partial charge >= 0.3 is 0 Å². The van der Waals surface area contributed by atoms with E-state index in [1.807, 2.05) is 27.8 Å². The minimum absolute atomic E-state index is 0.0888. The molecular weight excluding hydrogens is 335 g/mol. The van der Waals surface area contributed by atoms with Gasteiger partial charge in [-0.15, -0.1) is 0 Å². The van der Waals surface area contributed by atoms with Crippen molar-refractivity contribution in [1.29, 1.82) is 0 Å². The fourth-order valence-corrected chi connectivity index (χ4v) is 3.33. The van der Waals surface area contributed by atoms with Gasteiger partial charge in [-0.3, -0.25) is 9.20 Å². The molecule has 0 radical (unpaired) electrons. The molecule has 1 atom stereocenters. The van der Waals surface area contributed by atoms with E-state index in [1.165, 1.54) is 12.1 Å². The Kier molecular flexibility index (Phi) is 4.51. The Balaban J connectivity index is 1.50. The van der Waals surface area contributed by atoms with Crippen molar-refractivity contribution < 1.29 is 13.9 Å². The van der Waals surface area contributed by atoms with E-state index in [0.29, 0.717) is 18.1 Å². The molecule has 0 saturated carbocycles. The average molecular weight is 354 g/mol. The number of likely N-dealkylation sites (tertiary alicyclic amines) is 1. The molecule has 1 unspecified atom stereocenters.